The molecule has 3 heteroatoms. The molecule has 150 valence electrons. The first-order chi connectivity index (χ1) is 11.9. The first-order valence-corrected chi connectivity index (χ1v) is 12.5. The van der Waals surface area contributed by atoms with Gasteiger partial charge in [0.15, 0.2) is 0 Å². The van der Waals surface area contributed by atoms with Crippen LogP contribution in [-0.2, 0) is 9.22 Å². The topological polar surface area (TPSA) is 26.3 Å². The maximum Gasteiger partial charge on any atom is 0.201 e. The van der Waals surface area contributed by atoms with Crippen LogP contribution in [0.2, 0.25) is 16.6 Å². The predicted molar refractivity (Wildman–Crippen MR) is 116 cm³/mol. The summed E-state index contributed by atoms with van der Waals surface area (Å²) in [5.74, 6) is 0.106. The molecule has 0 amide bonds. The molecule has 0 N–H and O–H groups in total. The second-order valence-electron chi connectivity index (χ2n) is 9.68. The van der Waals surface area contributed by atoms with E-state index in [-0.39, 0.29) is 17.4 Å². The van der Waals surface area contributed by atoms with E-state index in [1.54, 1.807) is 0 Å². The Bertz CT molecular complexity index is 507. The minimum absolute atomic E-state index is 0.0310. The van der Waals surface area contributed by atoms with E-state index in [9.17, 15) is 4.79 Å². The standard InChI is InChI=1S/C23H42O2Si/c1-11-21(25-26(16(2)3,17(4)5)18(6)7)14-22-19(8)12-13-20(15-24)23(22,9)10/h11,15-18,20-21H,1,12-14H2,2-10H3. The van der Waals surface area contributed by atoms with Crippen molar-refractivity contribution in [2.45, 2.75) is 104 Å². The second kappa shape index (κ2) is 9.01. The summed E-state index contributed by atoms with van der Waals surface area (Å²) >= 11 is 0. The monoisotopic (exact) mass is 378 g/mol. The van der Waals surface area contributed by atoms with Crippen molar-refractivity contribution >= 4 is 14.6 Å². The lowest BCUT2D eigenvalue weighted by atomic mass is 9.65. The highest BCUT2D eigenvalue weighted by Gasteiger charge is 2.47. The summed E-state index contributed by atoms with van der Waals surface area (Å²) < 4.78 is 6.98. The highest BCUT2D eigenvalue weighted by Crippen LogP contribution is 2.48. The lowest BCUT2D eigenvalue weighted by Crippen LogP contribution is -2.50. The first-order valence-electron chi connectivity index (χ1n) is 10.4. The fraction of sp³-hybridized carbons (Fsp3) is 0.783. The minimum atomic E-state index is -1.95. The molecule has 0 fully saturated rings. The summed E-state index contributed by atoms with van der Waals surface area (Å²) in [4.78, 5) is 11.6. The molecule has 0 bridgehead atoms. The van der Waals surface area contributed by atoms with Gasteiger partial charge in [-0.25, -0.2) is 0 Å². The normalized spacial score (nSPS) is 22.2. The molecule has 0 aromatic carbocycles. The van der Waals surface area contributed by atoms with Gasteiger partial charge in [0.25, 0.3) is 0 Å². The molecular weight excluding hydrogens is 336 g/mol. The van der Waals surface area contributed by atoms with Gasteiger partial charge in [0.05, 0.1) is 6.10 Å². The Labute approximate surface area is 163 Å². The summed E-state index contributed by atoms with van der Waals surface area (Å²) in [6.45, 7) is 24.7. The Balaban J connectivity index is 3.19. The lowest BCUT2D eigenvalue weighted by molar-refractivity contribution is -0.114. The van der Waals surface area contributed by atoms with Gasteiger partial charge >= 0.3 is 0 Å². The molecule has 0 heterocycles. The van der Waals surface area contributed by atoms with Crippen LogP contribution >= 0.6 is 0 Å². The molecule has 0 aromatic rings. The third-order valence-electron chi connectivity index (χ3n) is 6.95. The van der Waals surface area contributed by atoms with Crippen molar-refractivity contribution in [1.82, 2.24) is 0 Å². The number of hydrogen-bond donors (Lipinski definition) is 0. The van der Waals surface area contributed by atoms with Gasteiger partial charge in [0.1, 0.15) is 6.29 Å². The summed E-state index contributed by atoms with van der Waals surface area (Å²) in [5.41, 5.74) is 4.43. The molecule has 1 rings (SSSR count). The summed E-state index contributed by atoms with van der Waals surface area (Å²) in [6, 6.07) is 0. The quantitative estimate of drug-likeness (QED) is 0.243. The van der Waals surface area contributed by atoms with Crippen molar-refractivity contribution in [3.05, 3.63) is 23.8 Å². The SMILES string of the molecule is C=CC(CC1=C(C)CCC(C=O)C1(C)C)O[Si](C(C)C)(C(C)C)C(C)C. The van der Waals surface area contributed by atoms with E-state index in [0.29, 0.717) is 16.6 Å². The number of aldehydes is 1. The molecule has 2 atom stereocenters. The first kappa shape index (κ1) is 23.4. The van der Waals surface area contributed by atoms with Crippen molar-refractivity contribution < 1.29 is 9.22 Å². The number of hydrogen-bond acceptors (Lipinski definition) is 2. The molecule has 2 nitrogen and oxygen atoms in total. The predicted octanol–water partition coefficient (Wildman–Crippen LogP) is 7.07. The average Bonchev–Trinajstić information content (AvgIpc) is 2.53. The molecule has 0 aromatic heterocycles. The van der Waals surface area contributed by atoms with Gasteiger partial charge in [-0.3, -0.25) is 0 Å². The second-order valence-corrected chi connectivity index (χ2v) is 15.1. The lowest BCUT2D eigenvalue weighted by Gasteiger charge is -2.46. The van der Waals surface area contributed by atoms with Crippen molar-refractivity contribution in [3.8, 4) is 0 Å². The molecule has 1 aliphatic carbocycles. The maximum absolute atomic E-state index is 11.6. The fourth-order valence-corrected chi connectivity index (χ4v) is 10.9. The van der Waals surface area contributed by atoms with E-state index in [1.807, 2.05) is 6.08 Å². The van der Waals surface area contributed by atoms with Gasteiger partial charge in [-0.15, -0.1) is 6.58 Å². The van der Waals surface area contributed by atoms with Crippen LogP contribution in [-0.4, -0.2) is 20.7 Å². The van der Waals surface area contributed by atoms with Crippen LogP contribution in [0.1, 0.15) is 81.6 Å². The molecular formula is C23H42O2Si. The average molecular weight is 379 g/mol. The van der Waals surface area contributed by atoms with Crippen molar-refractivity contribution in [3.63, 3.8) is 0 Å². The molecule has 0 radical (unpaired) electrons. The van der Waals surface area contributed by atoms with Crippen LogP contribution in [0.3, 0.4) is 0 Å². The third kappa shape index (κ3) is 4.41. The zero-order valence-corrected chi connectivity index (χ0v) is 19.7. The van der Waals surface area contributed by atoms with Crippen molar-refractivity contribution in [2.75, 3.05) is 0 Å². The van der Waals surface area contributed by atoms with Crippen molar-refractivity contribution in [2.24, 2.45) is 11.3 Å². The number of allylic oxidation sites excluding steroid dienone is 1. The summed E-state index contributed by atoms with van der Waals surface area (Å²) in [5, 5.41) is 0. The van der Waals surface area contributed by atoms with Gasteiger partial charge in [0.2, 0.25) is 8.32 Å². The van der Waals surface area contributed by atoms with E-state index in [2.05, 4.69) is 68.9 Å². The Kier molecular flexibility index (Phi) is 8.10. The Morgan fingerprint density at radius 2 is 1.65 bits per heavy atom. The molecule has 0 saturated carbocycles. The highest BCUT2D eigenvalue weighted by molar-refractivity contribution is 6.77. The smallest absolute Gasteiger partial charge is 0.201 e. The molecule has 0 spiro atoms. The number of carbonyl (C=O) groups is 1. The van der Waals surface area contributed by atoms with E-state index in [0.717, 1.165) is 25.5 Å². The van der Waals surface area contributed by atoms with Crippen LogP contribution in [0.15, 0.2) is 23.8 Å². The van der Waals surface area contributed by atoms with E-state index < -0.39 is 8.32 Å². The van der Waals surface area contributed by atoms with E-state index in [1.165, 1.54) is 11.1 Å². The zero-order valence-electron chi connectivity index (χ0n) is 18.7. The van der Waals surface area contributed by atoms with E-state index in [4.69, 9.17) is 4.43 Å². The maximum atomic E-state index is 11.6. The van der Waals surface area contributed by atoms with Gasteiger partial charge in [0, 0.05) is 5.92 Å². The Hall–Kier alpha value is -0.673. The van der Waals surface area contributed by atoms with Crippen LogP contribution in [0, 0.1) is 11.3 Å². The summed E-state index contributed by atoms with van der Waals surface area (Å²) in [6.07, 6.45) is 6.04. The zero-order chi connectivity index (χ0) is 20.3. The Morgan fingerprint density at radius 1 is 1.15 bits per heavy atom. The molecule has 2 unspecified atom stereocenters. The van der Waals surface area contributed by atoms with Gasteiger partial charge in [-0.1, -0.05) is 72.6 Å². The van der Waals surface area contributed by atoms with Gasteiger partial charge < -0.3 is 9.22 Å². The van der Waals surface area contributed by atoms with E-state index >= 15 is 0 Å². The highest BCUT2D eigenvalue weighted by atomic mass is 28.4. The molecule has 0 saturated heterocycles. The summed E-state index contributed by atoms with van der Waals surface area (Å²) in [7, 11) is -1.95. The van der Waals surface area contributed by atoms with Crippen LogP contribution < -0.4 is 0 Å². The molecule has 0 aliphatic heterocycles. The van der Waals surface area contributed by atoms with Gasteiger partial charge in [-0.05, 0) is 48.2 Å². The third-order valence-corrected chi connectivity index (χ3v) is 13.1. The fourth-order valence-electron chi connectivity index (χ4n) is 5.38. The number of carbonyl (C=O) groups excluding carboxylic acids is 1. The van der Waals surface area contributed by atoms with Crippen LogP contribution in [0.25, 0.3) is 0 Å². The number of rotatable bonds is 9. The van der Waals surface area contributed by atoms with Crippen molar-refractivity contribution in [1.29, 1.82) is 0 Å². The Morgan fingerprint density at radius 3 is 2.04 bits per heavy atom. The molecule has 26 heavy (non-hydrogen) atoms. The largest absolute Gasteiger partial charge is 0.409 e. The van der Waals surface area contributed by atoms with Crippen LogP contribution in [0.4, 0.5) is 0 Å². The van der Waals surface area contributed by atoms with Gasteiger partial charge in [-0.2, -0.15) is 0 Å². The van der Waals surface area contributed by atoms with Crippen LogP contribution in [0.5, 0.6) is 0 Å². The minimum Gasteiger partial charge on any atom is -0.409 e. The molecule has 1 aliphatic rings.